The van der Waals surface area contributed by atoms with Crippen molar-refractivity contribution in [1.82, 2.24) is 31.9 Å². The fraction of sp³-hybridized carbons (Fsp3) is 0.483. The summed E-state index contributed by atoms with van der Waals surface area (Å²) >= 11 is 0. The second-order valence-corrected chi connectivity index (χ2v) is 20.4. The fourth-order valence-corrected chi connectivity index (χ4v) is 8.01. The highest BCUT2D eigenvalue weighted by atomic mass is 16.6. The van der Waals surface area contributed by atoms with Crippen LogP contribution in [0.4, 0.5) is 9.59 Å². The summed E-state index contributed by atoms with van der Waals surface area (Å²) in [7, 11) is 0. The van der Waals surface area contributed by atoms with Crippen LogP contribution >= 0.6 is 0 Å². The highest BCUT2D eigenvalue weighted by Gasteiger charge is 2.31. The summed E-state index contributed by atoms with van der Waals surface area (Å²) in [5.41, 5.74) is 2.01. The van der Waals surface area contributed by atoms with Gasteiger partial charge in [-0.3, -0.25) is 19.2 Å². The van der Waals surface area contributed by atoms with Gasteiger partial charge < -0.3 is 41.4 Å². The maximum absolute atomic E-state index is 13.8. The normalized spacial score (nSPS) is 13.0. The number of hydrogen-bond acceptors (Lipinski definition) is 8. The summed E-state index contributed by atoms with van der Waals surface area (Å²) in [6.07, 6.45) is 9.70. The van der Waals surface area contributed by atoms with Crippen molar-refractivity contribution in [3.05, 3.63) is 144 Å². The first-order valence-electron chi connectivity index (χ1n) is 25.7. The number of nitrogens with one attached hydrogen (secondary N) is 6. The number of amides is 6. The molecule has 0 fully saturated rings. The van der Waals surface area contributed by atoms with Crippen molar-refractivity contribution >= 4 is 35.8 Å². The quantitative estimate of drug-likeness (QED) is 0.0291. The van der Waals surface area contributed by atoms with E-state index in [4.69, 9.17) is 9.47 Å². The number of carbonyl (C=O) groups excluding carboxylic acids is 6. The van der Waals surface area contributed by atoms with E-state index in [0.717, 1.165) is 86.5 Å². The van der Waals surface area contributed by atoms with Gasteiger partial charge in [0.15, 0.2) is 0 Å². The Bertz CT molecular complexity index is 2070. The Labute approximate surface area is 428 Å². The third kappa shape index (κ3) is 24.4. The predicted molar refractivity (Wildman–Crippen MR) is 283 cm³/mol. The maximum Gasteiger partial charge on any atom is 0.408 e. The van der Waals surface area contributed by atoms with E-state index < -0.39 is 59.4 Å². The molecule has 0 unspecified atom stereocenters. The molecule has 14 heteroatoms. The van der Waals surface area contributed by atoms with E-state index >= 15 is 0 Å². The zero-order chi connectivity index (χ0) is 52.2. The molecule has 0 spiro atoms. The highest BCUT2D eigenvalue weighted by Crippen LogP contribution is 2.14. The Morgan fingerprint density at radius 3 is 0.833 bits per heavy atom. The monoisotopic (exact) mass is 989 g/mol. The number of benzene rings is 4. The molecule has 0 aliphatic carbocycles. The first-order chi connectivity index (χ1) is 34.4. The number of hydrogen-bond donors (Lipinski definition) is 6. The molecule has 0 aliphatic heterocycles. The molecule has 72 heavy (non-hydrogen) atoms. The number of carbonyl (C=O) groups is 6. The van der Waals surface area contributed by atoms with Gasteiger partial charge in [-0.1, -0.05) is 173 Å². The second-order valence-electron chi connectivity index (χ2n) is 20.4. The summed E-state index contributed by atoms with van der Waals surface area (Å²) in [5.74, 6) is -1.50. The molecule has 4 atom stereocenters. The van der Waals surface area contributed by atoms with Crippen LogP contribution in [0.5, 0.6) is 0 Å². The molecule has 0 aromatic heterocycles. The Hall–Kier alpha value is -6.70. The van der Waals surface area contributed by atoms with E-state index in [9.17, 15) is 28.8 Å². The summed E-state index contributed by atoms with van der Waals surface area (Å²) < 4.78 is 10.9. The van der Waals surface area contributed by atoms with Crippen molar-refractivity contribution in [3.63, 3.8) is 0 Å². The number of unbranched alkanes of at least 4 members (excludes halogenated alkanes) is 9. The van der Waals surface area contributed by atoms with Crippen LogP contribution in [0.2, 0.25) is 0 Å². The molecule has 0 bridgehead atoms. The van der Waals surface area contributed by atoms with E-state index in [-0.39, 0.29) is 24.7 Å². The van der Waals surface area contributed by atoms with Crippen molar-refractivity contribution in [1.29, 1.82) is 0 Å². The number of ether oxygens (including phenoxy) is 2. The largest absolute Gasteiger partial charge is 0.444 e. The molecule has 0 saturated heterocycles. The molecule has 4 aromatic carbocycles. The molecule has 390 valence electrons. The second kappa shape index (κ2) is 30.9. The van der Waals surface area contributed by atoms with Crippen LogP contribution in [-0.2, 0) is 54.3 Å². The minimum atomic E-state index is -0.962. The van der Waals surface area contributed by atoms with Gasteiger partial charge in [0.25, 0.3) is 0 Å². The van der Waals surface area contributed by atoms with Gasteiger partial charge in [0.05, 0.1) is 0 Å². The summed E-state index contributed by atoms with van der Waals surface area (Å²) in [4.78, 5) is 80.3. The topological polar surface area (TPSA) is 193 Å². The van der Waals surface area contributed by atoms with Gasteiger partial charge in [0.2, 0.25) is 23.6 Å². The van der Waals surface area contributed by atoms with Crippen molar-refractivity contribution < 1.29 is 38.2 Å². The Morgan fingerprint density at radius 1 is 0.347 bits per heavy atom. The van der Waals surface area contributed by atoms with Crippen LogP contribution in [0.25, 0.3) is 0 Å². The van der Waals surface area contributed by atoms with E-state index in [0.29, 0.717) is 25.9 Å². The molecule has 4 rings (SSSR count). The Kier molecular flexibility index (Phi) is 24.8. The molecular weight excluding hydrogens is 909 g/mol. The van der Waals surface area contributed by atoms with Gasteiger partial charge in [-0.2, -0.15) is 0 Å². The third-order valence-electron chi connectivity index (χ3n) is 11.6. The average Bonchev–Trinajstić information content (AvgIpc) is 3.33. The number of alkyl carbamates (subject to hydrolysis) is 2. The summed E-state index contributed by atoms with van der Waals surface area (Å²) in [5, 5.41) is 17.4. The van der Waals surface area contributed by atoms with Crippen LogP contribution in [0.15, 0.2) is 121 Å². The molecule has 14 nitrogen and oxygen atoms in total. The minimum absolute atomic E-state index is 0.225. The van der Waals surface area contributed by atoms with Gasteiger partial charge in [-0.15, -0.1) is 0 Å². The van der Waals surface area contributed by atoms with Gasteiger partial charge in [-0.05, 0) is 76.6 Å². The SMILES string of the molecule is CC(C)(C)OC(=O)N[C@@H](Cc1ccccc1)C(=O)N[C@H](Cc1ccccc1)C(=O)NCCCCCCCCCCCCNC(=O)[C@@H](Cc1ccccc1)NC(=O)[C@H](Cc1ccccc1)NC(=O)OC(C)(C)C. The summed E-state index contributed by atoms with van der Waals surface area (Å²) in [6, 6.07) is 34.2. The minimum Gasteiger partial charge on any atom is -0.444 e. The van der Waals surface area contributed by atoms with E-state index in [2.05, 4.69) is 31.9 Å². The van der Waals surface area contributed by atoms with Crippen LogP contribution in [-0.4, -0.2) is 84.3 Å². The van der Waals surface area contributed by atoms with E-state index in [1.165, 1.54) is 0 Å². The number of rotatable bonds is 29. The maximum atomic E-state index is 13.8. The molecule has 0 heterocycles. The third-order valence-corrected chi connectivity index (χ3v) is 11.6. The lowest BCUT2D eigenvalue weighted by molar-refractivity contribution is -0.130. The van der Waals surface area contributed by atoms with Gasteiger partial charge in [-0.25, -0.2) is 9.59 Å². The first kappa shape index (κ1) is 57.9. The van der Waals surface area contributed by atoms with Crippen molar-refractivity contribution in [2.75, 3.05) is 13.1 Å². The standard InChI is InChI=1S/C58H80N6O8/c1-57(2,3)71-55(69)63-49(41-45-33-23-17-24-34-45)53(67)61-47(39-43-29-19-15-20-30-43)51(65)59-37-27-13-11-9-7-8-10-12-14-28-38-60-52(66)48(40-44-31-21-16-22-32-44)62-54(68)50(42-46-35-25-18-26-36-46)64-56(70)72-58(4,5)6/h15-26,29-36,47-50H,7-14,27-28,37-42H2,1-6H3,(H,59,65)(H,60,66)(H,61,67)(H,62,68)(H,63,69)(H,64,70)/t47-,48-,49+,50+/m1/s1. The average molecular weight is 989 g/mol. The highest BCUT2D eigenvalue weighted by molar-refractivity contribution is 5.92. The lowest BCUT2D eigenvalue weighted by Gasteiger charge is -2.25. The molecule has 0 saturated carbocycles. The molecular formula is C58H80N6O8. The van der Waals surface area contributed by atoms with Crippen molar-refractivity contribution in [2.24, 2.45) is 0 Å². The van der Waals surface area contributed by atoms with Crippen LogP contribution in [0.3, 0.4) is 0 Å². The van der Waals surface area contributed by atoms with Crippen LogP contribution in [0.1, 0.15) is 128 Å². The molecule has 4 aromatic rings. The molecule has 0 aliphatic rings. The Morgan fingerprint density at radius 2 is 0.583 bits per heavy atom. The summed E-state index contributed by atoms with van der Waals surface area (Å²) in [6.45, 7) is 11.5. The smallest absolute Gasteiger partial charge is 0.408 e. The van der Waals surface area contributed by atoms with Gasteiger partial charge in [0.1, 0.15) is 35.4 Å². The van der Waals surface area contributed by atoms with E-state index in [1.54, 1.807) is 41.5 Å². The first-order valence-corrected chi connectivity index (χ1v) is 25.7. The lowest BCUT2D eigenvalue weighted by atomic mass is 10.0. The fourth-order valence-electron chi connectivity index (χ4n) is 8.01. The lowest BCUT2D eigenvalue weighted by Crippen LogP contribution is -2.55. The van der Waals surface area contributed by atoms with Crippen LogP contribution < -0.4 is 31.9 Å². The van der Waals surface area contributed by atoms with Gasteiger partial charge >= 0.3 is 12.2 Å². The predicted octanol–water partition coefficient (Wildman–Crippen LogP) is 8.85. The zero-order valence-corrected chi connectivity index (χ0v) is 43.4. The van der Waals surface area contributed by atoms with Crippen molar-refractivity contribution in [3.8, 4) is 0 Å². The molecule has 0 radical (unpaired) electrons. The van der Waals surface area contributed by atoms with Crippen LogP contribution in [0, 0.1) is 0 Å². The Balaban J connectivity index is 1.15. The van der Waals surface area contributed by atoms with E-state index in [1.807, 2.05) is 121 Å². The van der Waals surface area contributed by atoms with Crippen molar-refractivity contribution in [2.45, 2.75) is 167 Å². The zero-order valence-electron chi connectivity index (χ0n) is 43.4. The molecule has 6 amide bonds. The van der Waals surface area contributed by atoms with Gasteiger partial charge in [0, 0.05) is 38.8 Å². The molecule has 6 N–H and O–H groups in total.